The zero-order chi connectivity index (χ0) is 12.5. The van der Waals surface area contributed by atoms with Gasteiger partial charge in [-0.1, -0.05) is 6.92 Å². The fourth-order valence-electron chi connectivity index (χ4n) is 3.06. The lowest BCUT2D eigenvalue weighted by atomic mass is 10.00. The van der Waals surface area contributed by atoms with E-state index in [2.05, 4.69) is 22.2 Å². The van der Waals surface area contributed by atoms with Crippen LogP contribution in [0.5, 0.6) is 0 Å². The van der Waals surface area contributed by atoms with E-state index in [-0.39, 0.29) is 12.1 Å². The second-order valence-electron chi connectivity index (χ2n) is 5.02. The van der Waals surface area contributed by atoms with Gasteiger partial charge in [-0.3, -0.25) is 0 Å². The summed E-state index contributed by atoms with van der Waals surface area (Å²) in [5.74, 6) is 0. The summed E-state index contributed by atoms with van der Waals surface area (Å²) in [7, 11) is 0. The fraction of sp³-hybridized carbons (Fsp3) is 0.615. The first kappa shape index (κ1) is 11.4. The molecular weight excluding hydrogens is 228 g/mol. The Balaban J connectivity index is 1.85. The standard InChI is InChI=1S/C13H18N4O/c1-2-5-15-13(18)17-9-3-4-12(17)10-7-14-8-16-11(10)6-9/h7-9,12H,2-6H2,1H3,(H,15,18). The van der Waals surface area contributed by atoms with E-state index in [1.807, 2.05) is 11.1 Å². The molecule has 18 heavy (non-hydrogen) atoms. The Hall–Kier alpha value is -1.65. The van der Waals surface area contributed by atoms with Gasteiger partial charge in [-0.25, -0.2) is 14.8 Å². The third-order valence-electron chi connectivity index (χ3n) is 3.88. The molecule has 1 saturated heterocycles. The minimum Gasteiger partial charge on any atom is -0.338 e. The van der Waals surface area contributed by atoms with Gasteiger partial charge in [0.2, 0.25) is 0 Å². The molecule has 0 spiro atoms. The molecule has 0 saturated carbocycles. The van der Waals surface area contributed by atoms with Gasteiger partial charge >= 0.3 is 6.03 Å². The largest absolute Gasteiger partial charge is 0.338 e. The summed E-state index contributed by atoms with van der Waals surface area (Å²) in [5, 5.41) is 2.98. The second-order valence-corrected chi connectivity index (χ2v) is 5.02. The van der Waals surface area contributed by atoms with Gasteiger partial charge in [0.1, 0.15) is 6.33 Å². The van der Waals surface area contributed by atoms with Crippen LogP contribution in [0.1, 0.15) is 43.5 Å². The van der Waals surface area contributed by atoms with Crippen LogP contribution in [0.25, 0.3) is 0 Å². The van der Waals surface area contributed by atoms with Crippen molar-refractivity contribution in [1.82, 2.24) is 20.2 Å². The van der Waals surface area contributed by atoms with Crippen LogP contribution in [0.15, 0.2) is 12.5 Å². The minimum absolute atomic E-state index is 0.0684. The Morgan fingerprint density at radius 2 is 2.44 bits per heavy atom. The smallest absolute Gasteiger partial charge is 0.318 e. The quantitative estimate of drug-likeness (QED) is 0.863. The summed E-state index contributed by atoms with van der Waals surface area (Å²) < 4.78 is 0. The average molecular weight is 246 g/mol. The lowest BCUT2D eigenvalue weighted by Gasteiger charge is -2.35. The van der Waals surface area contributed by atoms with Crippen molar-refractivity contribution in [2.75, 3.05) is 6.54 Å². The number of hydrogen-bond acceptors (Lipinski definition) is 3. The fourth-order valence-corrected chi connectivity index (χ4v) is 3.06. The first-order valence-electron chi connectivity index (χ1n) is 6.66. The highest BCUT2D eigenvalue weighted by Gasteiger charge is 2.43. The highest BCUT2D eigenvalue weighted by Crippen LogP contribution is 2.42. The maximum atomic E-state index is 12.2. The molecule has 5 heteroatoms. The van der Waals surface area contributed by atoms with Crippen LogP contribution in [-0.4, -0.2) is 33.5 Å². The lowest BCUT2D eigenvalue weighted by Crippen LogP contribution is -2.47. The number of nitrogens with zero attached hydrogens (tertiary/aromatic N) is 3. The predicted octanol–water partition coefficient (Wildman–Crippen LogP) is 1.66. The van der Waals surface area contributed by atoms with Crippen molar-refractivity contribution in [1.29, 1.82) is 0 Å². The number of nitrogens with one attached hydrogen (secondary N) is 1. The molecule has 3 rings (SSSR count). The summed E-state index contributed by atoms with van der Waals surface area (Å²) >= 11 is 0. The number of urea groups is 1. The molecule has 2 atom stereocenters. The van der Waals surface area contributed by atoms with Gasteiger partial charge in [-0.15, -0.1) is 0 Å². The maximum absolute atomic E-state index is 12.2. The third-order valence-corrected chi connectivity index (χ3v) is 3.88. The number of amides is 2. The number of hydrogen-bond donors (Lipinski definition) is 1. The summed E-state index contributed by atoms with van der Waals surface area (Å²) in [4.78, 5) is 22.7. The van der Waals surface area contributed by atoms with Gasteiger partial charge in [-0.2, -0.15) is 0 Å². The summed E-state index contributed by atoms with van der Waals surface area (Å²) in [5.41, 5.74) is 2.26. The average Bonchev–Trinajstić information content (AvgIpc) is 2.72. The molecule has 1 fully saturated rings. The van der Waals surface area contributed by atoms with E-state index in [9.17, 15) is 4.79 Å². The van der Waals surface area contributed by atoms with Crippen molar-refractivity contribution in [2.45, 2.75) is 44.7 Å². The van der Waals surface area contributed by atoms with E-state index in [1.54, 1.807) is 6.33 Å². The maximum Gasteiger partial charge on any atom is 0.318 e. The van der Waals surface area contributed by atoms with Crippen molar-refractivity contribution in [3.63, 3.8) is 0 Å². The molecule has 2 unspecified atom stereocenters. The van der Waals surface area contributed by atoms with E-state index >= 15 is 0 Å². The highest BCUT2D eigenvalue weighted by atomic mass is 16.2. The van der Waals surface area contributed by atoms with Crippen molar-refractivity contribution >= 4 is 6.03 Å². The number of rotatable bonds is 2. The molecular formula is C13H18N4O. The van der Waals surface area contributed by atoms with Crippen LogP contribution in [0.2, 0.25) is 0 Å². The molecule has 2 aliphatic heterocycles. The number of carbonyl (C=O) groups excluding carboxylic acids is 1. The molecule has 2 bridgehead atoms. The van der Waals surface area contributed by atoms with Gasteiger partial charge in [0, 0.05) is 30.8 Å². The monoisotopic (exact) mass is 246 g/mol. The van der Waals surface area contributed by atoms with Crippen molar-refractivity contribution in [3.8, 4) is 0 Å². The van der Waals surface area contributed by atoms with Crippen molar-refractivity contribution in [3.05, 3.63) is 23.8 Å². The van der Waals surface area contributed by atoms with Gasteiger partial charge in [0.25, 0.3) is 0 Å². The van der Waals surface area contributed by atoms with E-state index in [0.29, 0.717) is 6.04 Å². The number of carbonyl (C=O) groups is 1. The van der Waals surface area contributed by atoms with Crippen molar-refractivity contribution in [2.24, 2.45) is 0 Å². The van der Waals surface area contributed by atoms with Gasteiger partial charge in [0.05, 0.1) is 11.7 Å². The van der Waals surface area contributed by atoms with Crippen LogP contribution in [0.3, 0.4) is 0 Å². The summed E-state index contributed by atoms with van der Waals surface area (Å²) in [6.45, 7) is 2.81. The Labute approximate surface area is 107 Å². The van der Waals surface area contributed by atoms with E-state index < -0.39 is 0 Å². The molecule has 0 aromatic carbocycles. The number of aromatic nitrogens is 2. The number of fused-ring (bicyclic) bond motifs is 4. The molecule has 5 nitrogen and oxygen atoms in total. The highest BCUT2D eigenvalue weighted by molar-refractivity contribution is 5.76. The molecule has 1 aromatic rings. The van der Waals surface area contributed by atoms with E-state index in [0.717, 1.165) is 43.5 Å². The molecule has 1 aromatic heterocycles. The van der Waals surface area contributed by atoms with Gasteiger partial charge < -0.3 is 10.2 Å². The SMILES string of the molecule is CCCNC(=O)N1C2CCC1c1cncnc1C2. The molecule has 1 N–H and O–H groups in total. The van der Waals surface area contributed by atoms with Crippen LogP contribution in [-0.2, 0) is 6.42 Å². The lowest BCUT2D eigenvalue weighted by molar-refractivity contribution is 0.165. The van der Waals surface area contributed by atoms with Crippen LogP contribution < -0.4 is 5.32 Å². The second kappa shape index (κ2) is 4.55. The van der Waals surface area contributed by atoms with Gasteiger partial charge in [0.15, 0.2) is 0 Å². The van der Waals surface area contributed by atoms with E-state index in [1.165, 1.54) is 0 Å². The van der Waals surface area contributed by atoms with Crippen LogP contribution in [0.4, 0.5) is 4.79 Å². The Kier molecular flexibility index (Phi) is 2.89. The van der Waals surface area contributed by atoms with Crippen LogP contribution in [0, 0.1) is 0 Å². The summed E-state index contributed by atoms with van der Waals surface area (Å²) in [6.07, 6.45) is 7.41. The zero-order valence-corrected chi connectivity index (χ0v) is 10.6. The molecule has 0 aliphatic carbocycles. The van der Waals surface area contributed by atoms with E-state index in [4.69, 9.17) is 0 Å². The minimum atomic E-state index is 0.0684. The van der Waals surface area contributed by atoms with Crippen molar-refractivity contribution < 1.29 is 4.79 Å². The zero-order valence-electron chi connectivity index (χ0n) is 10.6. The molecule has 3 heterocycles. The normalized spacial score (nSPS) is 24.8. The summed E-state index contributed by atoms with van der Waals surface area (Å²) in [6, 6.07) is 0.560. The predicted molar refractivity (Wildman–Crippen MR) is 67.0 cm³/mol. The molecule has 2 aliphatic rings. The van der Waals surface area contributed by atoms with Gasteiger partial charge in [-0.05, 0) is 19.3 Å². The van der Waals surface area contributed by atoms with Crippen LogP contribution >= 0.6 is 0 Å². The molecule has 0 radical (unpaired) electrons. The Morgan fingerprint density at radius 1 is 1.56 bits per heavy atom. The first-order valence-corrected chi connectivity index (χ1v) is 6.66. The molecule has 96 valence electrons. The Morgan fingerprint density at radius 3 is 3.28 bits per heavy atom. The topological polar surface area (TPSA) is 58.1 Å². The first-order chi connectivity index (χ1) is 8.81. The Bertz CT molecular complexity index is 462. The third kappa shape index (κ3) is 1.74. The molecule has 2 amide bonds.